The van der Waals surface area contributed by atoms with Crippen LogP contribution in [0.25, 0.3) is 0 Å². The number of nitrogens with zero attached hydrogens (tertiary/aromatic N) is 1. The van der Waals surface area contributed by atoms with Crippen LogP contribution in [0.5, 0.6) is 0 Å². The van der Waals surface area contributed by atoms with Crippen LogP contribution in [-0.4, -0.2) is 40.3 Å². The van der Waals surface area contributed by atoms with E-state index in [1.54, 1.807) is 4.90 Å². The van der Waals surface area contributed by atoms with Gasteiger partial charge in [0.2, 0.25) is 0 Å². The van der Waals surface area contributed by atoms with Gasteiger partial charge >= 0.3 is 6.09 Å². The van der Waals surface area contributed by atoms with Gasteiger partial charge in [0.05, 0.1) is 0 Å². The van der Waals surface area contributed by atoms with Crippen LogP contribution in [0.15, 0.2) is 30.3 Å². The maximum absolute atomic E-state index is 12.5. The summed E-state index contributed by atoms with van der Waals surface area (Å²) in [7, 11) is 0. The second-order valence-corrected chi connectivity index (χ2v) is 8.49. The molecule has 4 nitrogen and oxygen atoms in total. The molecule has 0 radical (unpaired) electrons. The fourth-order valence-electron chi connectivity index (χ4n) is 3.09. The lowest BCUT2D eigenvalue weighted by molar-refractivity contribution is -0.124. The van der Waals surface area contributed by atoms with Crippen molar-refractivity contribution in [3.63, 3.8) is 0 Å². The molecule has 0 saturated carbocycles. The van der Waals surface area contributed by atoms with Crippen molar-refractivity contribution in [3.8, 4) is 0 Å². The summed E-state index contributed by atoms with van der Waals surface area (Å²) in [5.41, 5.74) is 0.702. The van der Waals surface area contributed by atoms with E-state index in [2.05, 4.69) is 12.1 Å². The Morgan fingerprint density at radius 1 is 1.12 bits per heavy atom. The van der Waals surface area contributed by atoms with Crippen molar-refractivity contribution < 1.29 is 14.3 Å². The number of benzene rings is 1. The lowest BCUT2D eigenvalue weighted by atomic mass is 9.90. The van der Waals surface area contributed by atoms with Gasteiger partial charge in [0.15, 0.2) is 0 Å². The number of likely N-dealkylation sites (tertiary alicyclic amines) is 1. The van der Waals surface area contributed by atoms with Crippen LogP contribution in [0.4, 0.5) is 4.79 Å². The van der Waals surface area contributed by atoms with E-state index in [9.17, 15) is 9.59 Å². The number of thiocarbonyl (C=S) groups is 1. The van der Waals surface area contributed by atoms with E-state index >= 15 is 0 Å². The van der Waals surface area contributed by atoms with E-state index < -0.39 is 5.60 Å². The Labute approximate surface area is 161 Å². The van der Waals surface area contributed by atoms with Crippen molar-refractivity contribution in [2.75, 3.05) is 13.1 Å². The van der Waals surface area contributed by atoms with Crippen LogP contribution in [0.1, 0.15) is 52.0 Å². The molecule has 0 spiro atoms. The molecule has 0 unspecified atom stereocenters. The average molecular weight is 376 g/mol. The molecule has 0 N–H and O–H groups in total. The van der Waals surface area contributed by atoms with Crippen LogP contribution in [0, 0.1) is 5.92 Å². The molecule has 1 saturated heterocycles. The van der Waals surface area contributed by atoms with E-state index in [1.165, 1.54) is 5.56 Å². The third kappa shape index (κ3) is 6.87. The monoisotopic (exact) mass is 375 g/mol. The molecule has 0 aromatic heterocycles. The largest absolute Gasteiger partial charge is 0.444 e. The lowest BCUT2D eigenvalue weighted by Gasteiger charge is -2.33. The zero-order valence-electron chi connectivity index (χ0n) is 16.0. The first-order chi connectivity index (χ1) is 12.2. The topological polar surface area (TPSA) is 46.6 Å². The SMILES string of the molecule is CC(C)(C)OC(=O)N1CCC(C(=O)CCC(=S)Cc2ccccc2)CC1. The number of ketones is 1. The molecule has 1 fully saturated rings. The Balaban J connectivity index is 1.71. The van der Waals surface area contributed by atoms with Crippen LogP contribution in [-0.2, 0) is 16.0 Å². The van der Waals surface area contributed by atoms with E-state index in [1.807, 2.05) is 39.0 Å². The quantitative estimate of drug-likeness (QED) is 0.682. The van der Waals surface area contributed by atoms with Crippen molar-refractivity contribution in [3.05, 3.63) is 35.9 Å². The molecule has 26 heavy (non-hydrogen) atoms. The van der Waals surface area contributed by atoms with Gasteiger partial charge < -0.3 is 9.64 Å². The first-order valence-electron chi connectivity index (χ1n) is 9.31. The number of hydrogen-bond acceptors (Lipinski definition) is 4. The molecule has 5 heteroatoms. The van der Waals surface area contributed by atoms with Gasteiger partial charge in [-0.3, -0.25) is 4.79 Å². The molecule has 1 amide bonds. The number of carbonyl (C=O) groups excluding carboxylic acids is 2. The highest BCUT2D eigenvalue weighted by Crippen LogP contribution is 2.22. The van der Waals surface area contributed by atoms with Gasteiger partial charge in [-0.25, -0.2) is 4.79 Å². The Bertz CT molecular complexity index is 628. The summed E-state index contributed by atoms with van der Waals surface area (Å²) >= 11 is 5.44. The molecule has 1 aliphatic rings. The molecule has 0 atom stereocenters. The summed E-state index contributed by atoms with van der Waals surface area (Å²) in [6, 6.07) is 10.1. The van der Waals surface area contributed by atoms with Gasteiger partial charge in [-0.2, -0.15) is 0 Å². The van der Waals surface area contributed by atoms with Gasteiger partial charge in [0, 0.05) is 31.8 Å². The number of hydrogen-bond donors (Lipinski definition) is 0. The fourth-order valence-corrected chi connectivity index (χ4v) is 3.36. The van der Waals surface area contributed by atoms with Crippen molar-refractivity contribution in [1.82, 2.24) is 4.90 Å². The predicted molar refractivity (Wildman–Crippen MR) is 108 cm³/mol. The summed E-state index contributed by atoms with van der Waals surface area (Å²) in [6.07, 6.45) is 3.05. The molecule has 2 rings (SSSR count). The van der Waals surface area contributed by atoms with Crippen LogP contribution < -0.4 is 0 Å². The first-order valence-corrected chi connectivity index (χ1v) is 9.72. The maximum atomic E-state index is 12.5. The first kappa shape index (κ1) is 20.6. The van der Waals surface area contributed by atoms with Crippen molar-refractivity contribution in [2.45, 2.75) is 58.5 Å². The molecule has 1 heterocycles. The zero-order chi connectivity index (χ0) is 19.2. The maximum Gasteiger partial charge on any atom is 0.410 e. The Morgan fingerprint density at radius 2 is 1.73 bits per heavy atom. The fraction of sp³-hybridized carbons (Fsp3) is 0.571. The third-order valence-electron chi connectivity index (χ3n) is 4.50. The summed E-state index contributed by atoms with van der Waals surface area (Å²) < 4.78 is 5.39. The smallest absolute Gasteiger partial charge is 0.410 e. The third-order valence-corrected chi connectivity index (χ3v) is 4.84. The number of amides is 1. The number of carbonyl (C=O) groups is 2. The van der Waals surface area contributed by atoms with E-state index in [0.29, 0.717) is 38.8 Å². The molecular weight excluding hydrogens is 346 g/mol. The summed E-state index contributed by atoms with van der Waals surface area (Å²) in [5, 5.41) is 0. The normalized spacial score (nSPS) is 15.6. The predicted octanol–water partition coefficient (Wildman–Crippen LogP) is 4.60. The van der Waals surface area contributed by atoms with Crippen LogP contribution in [0.2, 0.25) is 0 Å². The highest BCUT2D eigenvalue weighted by molar-refractivity contribution is 7.80. The average Bonchev–Trinajstić information content (AvgIpc) is 2.59. The Morgan fingerprint density at radius 3 is 2.31 bits per heavy atom. The van der Waals surface area contributed by atoms with Gasteiger partial charge in [-0.15, -0.1) is 0 Å². The second-order valence-electron chi connectivity index (χ2n) is 7.91. The molecule has 142 valence electrons. The van der Waals surface area contributed by atoms with E-state index in [-0.39, 0.29) is 17.8 Å². The van der Waals surface area contributed by atoms with E-state index in [0.717, 1.165) is 11.3 Å². The molecule has 1 aliphatic heterocycles. The minimum Gasteiger partial charge on any atom is -0.444 e. The molecule has 0 bridgehead atoms. The Kier molecular flexibility index (Phi) is 7.33. The summed E-state index contributed by atoms with van der Waals surface area (Å²) in [5.74, 6) is 0.303. The minimum atomic E-state index is -0.488. The second kappa shape index (κ2) is 9.26. The molecule has 1 aromatic carbocycles. The molecule has 1 aromatic rings. The highest BCUT2D eigenvalue weighted by atomic mass is 32.1. The molecule has 0 aliphatic carbocycles. The van der Waals surface area contributed by atoms with E-state index in [4.69, 9.17) is 17.0 Å². The number of piperidine rings is 1. The highest BCUT2D eigenvalue weighted by Gasteiger charge is 2.29. The molecular formula is C21H29NO3S. The zero-order valence-corrected chi connectivity index (χ0v) is 16.8. The number of Topliss-reactive ketones (excluding diaryl/α,β-unsaturated/α-hetero) is 1. The van der Waals surface area contributed by atoms with Gasteiger partial charge in [0.25, 0.3) is 0 Å². The minimum absolute atomic E-state index is 0.0354. The number of rotatable bonds is 6. The Hall–Kier alpha value is -1.75. The van der Waals surface area contributed by atoms with Crippen molar-refractivity contribution in [1.29, 1.82) is 0 Å². The van der Waals surface area contributed by atoms with Gasteiger partial charge in [0.1, 0.15) is 11.4 Å². The summed E-state index contributed by atoms with van der Waals surface area (Å²) in [4.78, 5) is 27.2. The van der Waals surface area contributed by atoms with Crippen LogP contribution in [0.3, 0.4) is 0 Å². The van der Waals surface area contributed by atoms with Crippen molar-refractivity contribution >= 4 is 29.0 Å². The van der Waals surface area contributed by atoms with Crippen molar-refractivity contribution in [2.24, 2.45) is 5.92 Å². The lowest BCUT2D eigenvalue weighted by Crippen LogP contribution is -2.43. The van der Waals surface area contributed by atoms with Gasteiger partial charge in [-0.05, 0) is 50.5 Å². The van der Waals surface area contributed by atoms with Crippen LogP contribution >= 0.6 is 12.2 Å². The number of ether oxygens (including phenoxy) is 1. The summed E-state index contributed by atoms with van der Waals surface area (Å²) in [6.45, 7) is 6.75. The van der Waals surface area contributed by atoms with Gasteiger partial charge in [-0.1, -0.05) is 42.5 Å². The standard InChI is InChI=1S/C21H29NO3S/c1-21(2,3)25-20(24)22-13-11-17(12-14-22)19(23)10-9-18(26)15-16-7-5-4-6-8-16/h4-8,17H,9-15H2,1-3H3.